The molecule has 2 rings (SSSR count). The van der Waals surface area contributed by atoms with Gasteiger partial charge in [0.15, 0.2) is 0 Å². The molecule has 1 aromatic carbocycles. The molecule has 3 heteroatoms. The van der Waals surface area contributed by atoms with Crippen molar-refractivity contribution in [3.63, 3.8) is 0 Å². The van der Waals surface area contributed by atoms with Gasteiger partial charge < -0.3 is 10.0 Å². The third-order valence-corrected chi connectivity index (χ3v) is 3.85. The summed E-state index contributed by atoms with van der Waals surface area (Å²) in [6.45, 7) is 2.84. The first-order chi connectivity index (χ1) is 9.70. The number of carbonyl (C=O) groups excluding carboxylic acids is 1. The molecule has 3 nitrogen and oxygen atoms in total. The molecule has 1 N–H and O–H groups in total. The molecule has 0 atom stereocenters. The van der Waals surface area contributed by atoms with E-state index < -0.39 is 0 Å². The topological polar surface area (TPSA) is 40.5 Å². The zero-order chi connectivity index (χ0) is 14.4. The fourth-order valence-electron chi connectivity index (χ4n) is 2.35. The molecule has 0 unspecified atom stereocenters. The fourth-order valence-corrected chi connectivity index (χ4v) is 2.35. The molecule has 108 valence electrons. The van der Waals surface area contributed by atoms with E-state index in [1.54, 1.807) is 6.08 Å². The quantitative estimate of drug-likeness (QED) is 0.810. The highest BCUT2D eigenvalue weighted by Gasteiger charge is 2.26. The van der Waals surface area contributed by atoms with Crippen molar-refractivity contribution in [2.24, 2.45) is 0 Å². The lowest BCUT2D eigenvalue weighted by Gasteiger charge is -2.37. The number of carbonyl (C=O) groups is 1. The minimum atomic E-state index is 0.0590. The van der Waals surface area contributed by atoms with Crippen molar-refractivity contribution in [3.8, 4) is 0 Å². The Labute approximate surface area is 120 Å². The van der Waals surface area contributed by atoms with Crippen molar-refractivity contribution in [2.45, 2.75) is 38.6 Å². The number of aliphatic hydroxyl groups is 1. The second kappa shape index (κ2) is 7.25. The van der Waals surface area contributed by atoms with E-state index in [0.717, 1.165) is 18.4 Å². The monoisotopic (exact) mass is 273 g/mol. The van der Waals surface area contributed by atoms with Gasteiger partial charge >= 0.3 is 0 Å². The zero-order valence-electron chi connectivity index (χ0n) is 12.1. The average Bonchev–Trinajstić information content (AvgIpc) is 2.40. The molecular formula is C17H23NO2. The highest BCUT2D eigenvalue weighted by Crippen LogP contribution is 2.25. The molecule has 20 heavy (non-hydrogen) atoms. The Balaban J connectivity index is 1.97. The van der Waals surface area contributed by atoms with Gasteiger partial charge in [0.2, 0.25) is 5.91 Å². The summed E-state index contributed by atoms with van der Waals surface area (Å²) in [5, 5.41) is 8.95. The van der Waals surface area contributed by atoms with Crippen molar-refractivity contribution < 1.29 is 9.90 Å². The summed E-state index contributed by atoms with van der Waals surface area (Å²) in [6, 6.07) is 8.48. The van der Waals surface area contributed by atoms with E-state index in [1.807, 2.05) is 42.2 Å². The van der Waals surface area contributed by atoms with Crippen LogP contribution in [0, 0.1) is 6.92 Å². The molecule has 1 aliphatic carbocycles. The van der Waals surface area contributed by atoms with Crippen LogP contribution in [0.15, 0.2) is 30.3 Å². The number of hydrogen-bond acceptors (Lipinski definition) is 2. The van der Waals surface area contributed by atoms with Crippen LogP contribution in [0.5, 0.6) is 0 Å². The molecular weight excluding hydrogens is 250 g/mol. The lowest BCUT2D eigenvalue weighted by Crippen LogP contribution is -2.44. The number of aliphatic hydroxyl groups excluding tert-OH is 1. The minimum Gasteiger partial charge on any atom is -0.396 e. The minimum absolute atomic E-state index is 0.0590. The summed E-state index contributed by atoms with van der Waals surface area (Å²) in [6.07, 6.45) is 7.56. The van der Waals surface area contributed by atoms with E-state index in [-0.39, 0.29) is 12.5 Å². The van der Waals surface area contributed by atoms with Gasteiger partial charge in [0.1, 0.15) is 0 Å². The van der Waals surface area contributed by atoms with Crippen molar-refractivity contribution >= 4 is 12.0 Å². The van der Waals surface area contributed by atoms with Gasteiger partial charge in [-0.3, -0.25) is 4.79 Å². The van der Waals surface area contributed by atoms with Gasteiger partial charge in [0, 0.05) is 25.3 Å². The van der Waals surface area contributed by atoms with Gasteiger partial charge in [-0.25, -0.2) is 0 Å². The standard InChI is InChI=1S/C17H23NO2/c1-14-6-8-15(9-7-14)10-11-17(20)18(12-3-13-19)16-4-2-5-16/h6-11,16,19H,2-5,12-13H2,1H3/b11-10+. The molecule has 0 aliphatic heterocycles. The fraction of sp³-hybridized carbons (Fsp3) is 0.471. The van der Waals surface area contributed by atoms with Crippen LogP contribution in [-0.2, 0) is 4.79 Å². The van der Waals surface area contributed by atoms with E-state index in [2.05, 4.69) is 0 Å². The van der Waals surface area contributed by atoms with Crippen molar-refractivity contribution in [1.82, 2.24) is 4.90 Å². The molecule has 0 bridgehead atoms. The van der Waals surface area contributed by atoms with Gasteiger partial charge in [-0.15, -0.1) is 0 Å². The first-order valence-electron chi connectivity index (χ1n) is 7.37. The van der Waals surface area contributed by atoms with Crippen molar-refractivity contribution in [2.75, 3.05) is 13.2 Å². The lowest BCUT2D eigenvalue weighted by molar-refractivity contribution is -0.130. The average molecular weight is 273 g/mol. The Hall–Kier alpha value is -1.61. The van der Waals surface area contributed by atoms with Crippen LogP contribution in [0.2, 0.25) is 0 Å². The number of aryl methyl sites for hydroxylation is 1. The number of amides is 1. The van der Waals surface area contributed by atoms with Crippen LogP contribution in [0.3, 0.4) is 0 Å². The van der Waals surface area contributed by atoms with Crippen LogP contribution < -0.4 is 0 Å². The normalized spacial score (nSPS) is 15.3. The SMILES string of the molecule is Cc1ccc(/C=C/C(=O)N(CCCO)C2CCC2)cc1. The molecule has 0 radical (unpaired) electrons. The van der Waals surface area contributed by atoms with Gasteiger partial charge in [-0.2, -0.15) is 0 Å². The maximum Gasteiger partial charge on any atom is 0.246 e. The van der Waals surface area contributed by atoms with Gasteiger partial charge in [-0.05, 0) is 44.2 Å². The molecule has 0 spiro atoms. The van der Waals surface area contributed by atoms with Gasteiger partial charge in [-0.1, -0.05) is 29.8 Å². The van der Waals surface area contributed by atoms with E-state index in [9.17, 15) is 4.79 Å². The Morgan fingerprint density at radius 2 is 2.05 bits per heavy atom. The predicted molar refractivity (Wildman–Crippen MR) is 81.3 cm³/mol. The number of hydrogen-bond donors (Lipinski definition) is 1. The Kier molecular flexibility index (Phi) is 5.36. The van der Waals surface area contributed by atoms with E-state index in [4.69, 9.17) is 5.11 Å². The second-order valence-electron chi connectivity index (χ2n) is 5.44. The highest BCUT2D eigenvalue weighted by molar-refractivity contribution is 5.92. The largest absolute Gasteiger partial charge is 0.396 e. The maximum absolute atomic E-state index is 12.3. The van der Waals surface area contributed by atoms with Crippen LogP contribution in [0.1, 0.15) is 36.8 Å². The van der Waals surface area contributed by atoms with E-state index in [0.29, 0.717) is 19.0 Å². The predicted octanol–water partition coefficient (Wildman–Crippen LogP) is 2.77. The Morgan fingerprint density at radius 3 is 2.60 bits per heavy atom. The van der Waals surface area contributed by atoms with Gasteiger partial charge in [0.05, 0.1) is 0 Å². The van der Waals surface area contributed by atoms with Gasteiger partial charge in [0.25, 0.3) is 0 Å². The number of benzene rings is 1. The first-order valence-corrected chi connectivity index (χ1v) is 7.37. The Morgan fingerprint density at radius 1 is 1.35 bits per heavy atom. The zero-order valence-corrected chi connectivity index (χ0v) is 12.1. The number of nitrogens with zero attached hydrogens (tertiary/aromatic N) is 1. The molecule has 0 saturated heterocycles. The molecule has 0 aromatic heterocycles. The summed E-state index contributed by atoms with van der Waals surface area (Å²) < 4.78 is 0. The lowest BCUT2D eigenvalue weighted by atomic mass is 9.91. The van der Waals surface area contributed by atoms with Crippen LogP contribution in [0.4, 0.5) is 0 Å². The smallest absolute Gasteiger partial charge is 0.246 e. The van der Waals surface area contributed by atoms with Crippen LogP contribution in [0.25, 0.3) is 6.08 Å². The summed E-state index contributed by atoms with van der Waals surface area (Å²) in [4.78, 5) is 14.2. The second-order valence-corrected chi connectivity index (χ2v) is 5.44. The van der Waals surface area contributed by atoms with Crippen LogP contribution >= 0.6 is 0 Å². The molecule has 1 saturated carbocycles. The summed E-state index contributed by atoms with van der Waals surface area (Å²) >= 11 is 0. The summed E-state index contributed by atoms with van der Waals surface area (Å²) in [5.41, 5.74) is 2.26. The third-order valence-electron chi connectivity index (χ3n) is 3.85. The number of rotatable bonds is 6. The molecule has 1 aliphatic rings. The molecule has 1 fully saturated rings. The summed E-state index contributed by atoms with van der Waals surface area (Å²) in [7, 11) is 0. The van der Waals surface area contributed by atoms with Crippen molar-refractivity contribution in [1.29, 1.82) is 0 Å². The van der Waals surface area contributed by atoms with Crippen molar-refractivity contribution in [3.05, 3.63) is 41.5 Å². The molecule has 1 aromatic rings. The maximum atomic E-state index is 12.3. The highest BCUT2D eigenvalue weighted by atomic mass is 16.3. The molecule has 1 amide bonds. The Bertz CT molecular complexity index is 460. The van der Waals surface area contributed by atoms with Crippen LogP contribution in [-0.4, -0.2) is 35.1 Å². The van der Waals surface area contributed by atoms with E-state index in [1.165, 1.54) is 12.0 Å². The van der Waals surface area contributed by atoms with E-state index >= 15 is 0 Å². The molecule has 0 heterocycles. The first kappa shape index (κ1) is 14.8. The third kappa shape index (κ3) is 3.94. The summed E-state index contributed by atoms with van der Waals surface area (Å²) in [5.74, 6) is 0.0590.